The topological polar surface area (TPSA) is 62.3 Å². The van der Waals surface area contributed by atoms with Crippen LogP contribution in [0.5, 0.6) is 0 Å². The fraction of sp³-hybridized carbons (Fsp3) is 0.312. The zero-order valence-corrected chi connectivity index (χ0v) is 12.8. The van der Waals surface area contributed by atoms with E-state index in [0.29, 0.717) is 18.7 Å². The molecule has 1 N–H and O–H groups in total. The minimum Gasteiger partial charge on any atom is -0.312 e. The van der Waals surface area contributed by atoms with E-state index in [9.17, 15) is 9.59 Å². The molecule has 3 amide bonds. The van der Waals surface area contributed by atoms with Gasteiger partial charge in [0.2, 0.25) is 0 Å². The van der Waals surface area contributed by atoms with Gasteiger partial charge in [0, 0.05) is 25.3 Å². The van der Waals surface area contributed by atoms with E-state index in [4.69, 9.17) is 11.6 Å². The van der Waals surface area contributed by atoms with Gasteiger partial charge in [-0.05, 0) is 29.3 Å². The normalized spacial score (nSPS) is 23.5. The van der Waals surface area contributed by atoms with Crippen LogP contribution in [0.3, 0.4) is 0 Å². The van der Waals surface area contributed by atoms with Gasteiger partial charge in [-0.3, -0.25) is 15.1 Å². The Morgan fingerprint density at radius 3 is 2.64 bits per heavy atom. The summed E-state index contributed by atoms with van der Waals surface area (Å²) < 4.78 is 0. The molecule has 112 valence electrons. The first kappa shape index (κ1) is 13.5. The van der Waals surface area contributed by atoms with Crippen LogP contribution in [-0.4, -0.2) is 34.4 Å². The maximum atomic E-state index is 12.3. The number of nitrogens with zero attached hydrogens (tertiary/aromatic N) is 2. The van der Waals surface area contributed by atoms with Crippen LogP contribution in [0, 0.1) is 0 Å². The Kier molecular flexibility index (Phi) is 2.72. The summed E-state index contributed by atoms with van der Waals surface area (Å²) in [5.74, 6) is 0.158. The molecule has 0 saturated carbocycles. The lowest BCUT2D eigenvalue weighted by Crippen LogP contribution is -2.48. The molecule has 1 fully saturated rings. The number of halogens is 1. The van der Waals surface area contributed by atoms with Gasteiger partial charge < -0.3 is 4.90 Å². The zero-order chi connectivity index (χ0) is 15.5. The number of imide groups is 1. The molecule has 2 heterocycles. The summed E-state index contributed by atoms with van der Waals surface area (Å²) in [4.78, 5) is 30.1. The molecule has 2 aliphatic rings. The summed E-state index contributed by atoms with van der Waals surface area (Å²) in [7, 11) is 1.68. The van der Waals surface area contributed by atoms with E-state index in [1.54, 1.807) is 7.05 Å². The molecule has 0 bridgehead atoms. The van der Waals surface area contributed by atoms with Crippen molar-refractivity contribution in [2.75, 3.05) is 7.05 Å². The second-order valence-electron chi connectivity index (χ2n) is 5.95. The fourth-order valence-electron chi connectivity index (χ4n) is 3.44. The standard InChI is InChI=1S/C16H14ClN3O2/c1-20-15(22)19-14(21)16(20)6-10-4-9-2-3-12(8-17)18-13(9)5-11(10)7-16/h2-5H,6-8H2,1H3,(H,19,21,22). The van der Waals surface area contributed by atoms with Crippen molar-refractivity contribution in [1.82, 2.24) is 15.2 Å². The zero-order valence-electron chi connectivity index (χ0n) is 12.0. The summed E-state index contributed by atoms with van der Waals surface area (Å²) in [5.41, 5.74) is 3.09. The van der Waals surface area contributed by atoms with E-state index in [1.807, 2.05) is 18.2 Å². The fourth-order valence-corrected chi connectivity index (χ4v) is 3.59. The Hall–Kier alpha value is -2.14. The van der Waals surface area contributed by atoms with Gasteiger partial charge in [-0.2, -0.15) is 0 Å². The van der Waals surface area contributed by atoms with Gasteiger partial charge in [-0.25, -0.2) is 4.79 Å². The predicted octanol–water partition coefficient (Wildman–Crippen LogP) is 1.99. The van der Waals surface area contributed by atoms with Gasteiger partial charge in [0.15, 0.2) is 0 Å². The smallest absolute Gasteiger partial charge is 0.312 e. The molecule has 4 rings (SSSR count). The minimum atomic E-state index is -0.786. The van der Waals surface area contributed by atoms with E-state index in [-0.39, 0.29) is 11.9 Å². The van der Waals surface area contributed by atoms with Crippen molar-refractivity contribution in [3.8, 4) is 0 Å². The maximum Gasteiger partial charge on any atom is 0.324 e. The number of carbonyl (C=O) groups is 2. The Bertz CT molecular complexity index is 835. The van der Waals surface area contributed by atoms with Crippen molar-refractivity contribution in [2.45, 2.75) is 24.3 Å². The Labute approximate surface area is 132 Å². The molecule has 22 heavy (non-hydrogen) atoms. The largest absolute Gasteiger partial charge is 0.324 e. The van der Waals surface area contributed by atoms with E-state index in [1.165, 1.54) is 4.90 Å². The third-order valence-electron chi connectivity index (χ3n) is 4.76. The Morgan fingerprint density at radius 2 is 2.00 bits per heavy atom. The van der Waals surface area contributed by atoms with Crippen molar-refractivity contribution in [1.29, 1.82) is 0 Å². The number of hydrogen-bond donors (Lipinski definition) is 1. The average molecular weight is 316 g/mol. The molecule has 1 aromatic heterocycles. The molecule has 1 saturated heterocycles. The SMILES string of the molecule is CN1C(=O)NC(=O)C12Cc1cc3ccc(CCl)nc3cc1C2. The van der Waals surface area contributed by atoms with Crippen molar-refractivity contribution < 1.29 is 9.59 Å². The number of amides is 3. The molecule has 1 aliphatic heterocycles. The molecule has 1 aliphatic carbocycles. The van der Waals surface area contributed by atoms with Crippen LogP contribution in [0.1, 0.15) is 16.8 Å². The molecule has 1 unspecified atom stereocenters. The van der Waals surface area contributed by atoms with Crippen molar-refractivity contribution >= 4 is 34.4 Å². The van der Waals surface area contributed by atoms with Gasteiger partial charge in [0.25, 0.3) is 5.91 Å². The second kappa shape index (κ2) is 4.43. The molecule has 5 nitrogen and oxygen atoms in total. The van der Waals surface area contributed by atoms with E-state index in [0.717, 1.165) is 27.7 Å². The van der Waals surface area contributed by atoms with Crippen LogP contribution in [0.2, 0.25) is 0 Å². The lowest BCUT2D eigenvalue weighted by atomic mass is 9.95. The molecule has 2 aromatic rings. The summed E-state index contributed by atoms with van der Waals surface area (Å²) in [6, 6.07) is 7.65. The van der Waals surface area contributed by atoms with Crippen LogP contribution >= 0.6 is 11.6 Å². The van der Waals surface area contributed by atoms with E-state index < -0.39 is 5.54 Å². The number of rotatable bonds is 1. The lowest BCUT2D eigenvalue weighted by molar-refractivity contribution is -0.125. The summed E-state index contributed by atoms with van der Waals surface area (Å²) in [6.07, 6.45) is 1.07. The number of alkyl halides is 1. The molecule has 1 spiro atoms. The highest BCUT2D eigenvalue weighted by atomic mass is 35.5. The van der Waals surface area contributed by atoms with Crippen LogP contribution in [0.25, 0.3) is 10.9 Å². The van der Waals surface area contributed by atoms with Crippen molar-refractivity contribution in [2.24, 2.45) is 0 Å². The minimum absolute atomic E-state index is 0.213. The van der Waals surface area contributed by atoms with E-state index >= 15 is 0 Å². The third-order valence-corrected chi connectivity index (χ3v) is 5.03. The highest BCUT2D eigenvalue weighted by molar-refractivity contribution is 6.17. The predicted molar refractivity (Wildman–Crippen MR) is 82.7 cm³/mol. The van der Waals surface area contributed by atoms with Crippen LogP contribution in [0.4, 0.5) is 4.79 Å². The molecule has 1 atom stereocenters. The van der Waals surface area contributed by atoms with Crippen molar-refractivity contribution in [3.63, 3.8) is 0 Å². The first-order chi connectivity index (χ1) is 10.5. The third kappa shape index (κ3) is 1.69. The van der Waals surface area contributed by atoms with Crippen LogP contribution < -0.4 is 5.32 Å². The number of fused-ring (bicyclic) bond motifs is 2. The maximum absolute atomic E-state index is 12.3. The van der Waals surface area contributed by atoms with Gasteiger partial charge in [-0.15, -0.1) is 11.6 Å². The highest BCUT2D eigenvalue weighted by Gasteiger charge is 2.54. The summed E-state index contributed by atoms with van der Waals surface area (Å²) in [5, 5.41) is 3.43. The van der Waals surface area contributed by atoms with Gasteiger partial charge >= 0.3 is 6.03 Å². The Morgan fingerprint density at radius 1 is 1.27 bits per heavy atom. The Balaban J connectivity index is 1.82. The number of nitrogens with one attached hydrogen (secondary N) is 1. The number of carbonyl (C=O) groups excluding carboxylic acids is 2. The van der Waals surface area contributed by atoms with Gasteiger partial charge in [0.1, 0.15) is 5.54 Å². The highest BCUT2D eigenvalue weighted by Crippen LogP contribution is 2.38. The van der Waals surface area contributed by atoms with E-state index in [2.05, 4.69) is 16.4 Å². The monoisotopic (exact) mass is 315 g/mol. The number of benzene rings is 1. The summed E-state index contributed by atoms with van der Waals surface area (Å²) >= 11 is 5.84. The first-order valence-electron chi connectivity index (χ1n) is 7.10. The molecular formula is C16H14ClN3O2. The molecule has 6 heteroatoms. The van der Waals surface area contributed by atoms with Crippen LogP contribution in [-0.2, 0) is 23.5 Å². The quantitative estimate of drug-likeness (QED) is 0.646. The summed E-state index contributed by atoms with van der Waals surface area (Å²) in [6.45, 7) is 0. The average Bonchev–Trinajstić information content (AvgIpc) is 2.98. The number of urea groups is 1. The molecule has 1 aromatic carbocycles. The van der Waals surface area contributed by atoms with Crippen molar-refractivity contribution in [3.05, 3.63) is 41.1 Å². The molecular weight excluding hydrogens is 302 g/mol. The molecule has 0 radical (unpaired) electrons. The second-order valence-corrected chi connectivity index (χ2v) is 6.22. The van der Waals surface area contributed by atoms with Crippen LogP contribution in [0.15, 0.2) is 24.3 Å². The van der Waals surface area contributed by atoms with Gasteiger partial charge in [-0.1, -0.05) is 6.07 Å². The van der Waals surface area contributed by atoms with Gasteiger partial charge in [0.05, 0.1) is 17.1 Å². The number of likely N-dealkylation sites (N-methyl/N-ethyl adjacent to an activating group) is 1. The number of hydrogen-bond acceptors (Lipinski definition) is 3. The number of aromatic nitrogens is 1. The number of pyridine rings is 1. The first-order valence-corrected chi connectivity index (χ1v) is 7.63. The lowest BCUT2D eigenvalue weighted by Gasteiger charge is -2.27.